The number of carbonyl (C=O) groups is 1. The van der Waals surface area contributed by atoms with Gasteiger partial charge in [0.05, 0.1) is 5.92 Å². The molecule has 1 heterocycles. The second-order valence-electron chi connectivity index (χ2n) is 6.36. The summed E-state index contributed by atoms with van der Waals surface area (Å²) in [5, 5.41) is 6.44. The lowest BCUT2D eigenvalue weighted by Crippen LogP contribution is -2.46. The van der Waals surface area contributed by atoms with Crippen LogP contribution >= 0.6 is 0 Å². The molecule has 1 aliphatic heterocycles. The van der Waals surface area contributed by atoms with Gasteiger partial charge in [-0.15, -0.1) is 0 Å². The second kappa shape index (κ2) is 7.25. The third kappa shape index (κ3) is 4.18. The topological polar surface area (TPSA) is 44.4 Å². The predicted octanol–water partition coefficient (Wildman–Crippen LogP) is 1.22. The molecule has 0 aromatic rings. The molecule has 0 aromatic heterocycles. The van der Waals surface area contributed by atoms with E-state index in [1.807, 2.05) is 0 Å². The van der Waals surface area contributed by atoms with Crippen molar-refractivity contribution in [3.05, 3.63) is 0 Å². The highest BCUT2D eigenvalue weighted by Gasteiger charge is 2.27. The number of carbonyl (C=O) groups excluding carboxylic acids is 1. The van der Waals surface area contributed by atoms with Crippen molar-refractivity contribution in [1.29, 1.82) is 0 Å². The largest absolute Gasteiger partial charge is 0.354 e. The monoisotopic (exact) mass is 267 g/mol. The minimum Gasteiger partial charge on any atom is -0.354 e. The molecule has 0 spiro atoms. The van der Waals surface area contributed by atoms with Crippen LogP contribution in [-0.2, 0) is 4.79 Å². The van der Waals surface area contributed by atoms with Crippen molar-refractivity contribution in [2.75, 3.05) is 33.7 Å². The van der Waals surface area contributed by atoms with Crippen molar-refractivity contribution in [2.45, 2.75) is 44.6 Å². The van der Waals surface area contributed by atoms with E-state index in [0.29, 0.717) is 6.04 Å². The van der Waals surface area contributed by atoms with Crippen LogP contribution in [0.15, 0.2) is 0 Å². The van der Waals surface area contributed by atoms with E-state index in [1.54, 1.807) is 0 Å². The second-order valence-corrected chi connectivity index (χ2v) is 6.36. The van der Waals surface area contributed by atoms with E-state index in [2.05, 4.69) is 29.6 Å². The first-order valence-corrected chi connectivity index (χ1v) is 7.83. The van der Waals surface area contributed by atoms with Crippen LogP contribution in [0.5, 0.6) is 0 Å². The molecule has 1 aliphatic carbocycles. The molecule has 2 N–H and O–H groups in total. The molecule has 1 saturated carbocycles. The van der Waals surface area contributed by atoms with Crippen LogP contribution in [-0.4, -0.2) is 50.6 Å². The summed E-state index contributed by atoms with van der Waals surface area (Å²) in [7, 11) is 4.28. The Kier molecular flexibility index (Phi) is 5.64. The van der Waals surface area contributed by atoms with Crippen LogP contribution < -0.4 is 10.6 Å². The van der Waals surface area contributed by atoms with Gasteiger partial charge in [-0.05, 0) is 45.8 Å². The smallest absolute Gasteiger partial charge is 0.224 e. The van der Waals surface area contributed by atoms with E-state index >= 15 is 0 Å². The molecule has 1 saturated heterocycles. The SMILES string of the molecule is CN(C)C(CNC(=O)C1CCNC1)C1CCCCC1. The quantitative estimate of drug-likeness (QED) is 0.787. The molecule has 4 nitrogen and oxygen atoms in total. The molecule has 19 heavy (non-hydrogen) atoms. The lowest BCUT2D eigenvalue weighted by atomic mass is 9.83. The lowest BCUT2D eigenvalue weighted by molar-refractivity contribution is -0.124. The molecule has 1 amide bonds. The minimum atomic E-state index is 0.189. The van der Waals surface area contributed by atoms with E-state index < -0.39 is 0 Å². The maximum Gasteiger partial charge on any atom is 0.224 e. The van der Waals surface area contributed by atoms with Crippen LogP contribution in [0.25, 0.3) is 0 Å². The Morgan fingerprint density at radius 3 is 2.58 bits per heavy atom. The van der Waals surface area contributed by atoms with Gasteiger partial charge in [-0.1, -0.05) is 19.3 Å². The van der Waals surface area contributed by atoms with Crippen molar-refractivity contribution in [2.24, 2.45) is 11.8 Å². The Hall–Kier alpha value is -0.610. The van der Waals surface area contributed by atoms with Gasteiger partial charge in [-0.25, -0.2) is 0 Å². The molecule has 2 aliphatic rings. The Morgan fingerprint density at radius 2 is 2.00 bits per heavy atom. The zero-order chi connectivity index (χ0) is 13.7. The third-order valence-electron chi connectivity index (χ3n) is 4.77. The Morgan fingerprint density at radius 1 is 1.26 bits per heavy atom. The van der Waals surface area contributed by atoms with E-state index in [1.165, 1.54) is 32.1 Å². The van der Waals surface area contributed by atoms with Gasteiger partial charge in [0.25, 0.3) is 0 Å². The molecule has 0 bridgehead atoms. The van der Waals surface area contributed by atoms with E-state index in [4.69, 9.17) is 0 Å². The zero-order valence-corrected chi connectivity index (χ0v) is 12.5. The molecular formula is C15H29N3O. The summed E-state index contributed by atoms with van der Waals surface area (Å²) in [5.74, 6) is 1.19. The molecule has 2 unspecified atom stereocenters. The highest BCUT2D eigenvalue weighted by atomic mass is 16.1. The molecule has 110 valence electrons. The van der Waals surface area contributed by atoms with Crippen molar-refractivity contribution in [3.63, 3.8) is 0 Å². The zero-order valence-electron chi connectivity index (χ0n) is 12.5. The number of hydrogen-bond acceptors (Lipinski definition) is 3. The Labute approximate surface area is 117 Å². The van der Waals surface area contributed by atoms with Gasteiger partial charge in [-0.3, -0.25) is 4.79 Å². The summed E-state index contributed by atoms with van der Waals surface area (Å²) in [6, 6.07) is 0.499. The van der Waals surface area contributed by atoms with Crippen LogP contribution in [0, 0.1) is 11.8 Å². The first-order chi connectivity index (χ1) is 9.18. The summed E-state index contributed by atoms with van der Waals surface area (Å²) in [5.41, 5.74) is 0. The standard InChI is InChI=1S/C15H29N3O/c1-18(2)14(12-6-4-3-5-7-12)11-17-15(19)13-8-9-16-10-13/h12-14,16H,3-11H2,1-2H3,(H,17,19). The molecule has 2 atom stereocenters. The summed E-state index contributed by atoms with van der Waals surface area (Å²) in [6.07, 6.45) is 7.73. The summed E-state index contributed by atoms with van der Waals surface area (Å²) < 4.78 is 0. The number of hydrogen-bond donors (Lipinski definition) is 2. The third-order valence-corrected chi connectivity index (χ3v) is 4.77. The molecular weight excluding hydrogens is 238 g/mol. The molecule has 2 fully saturated rings. The maximum atomic E-state index is 12.1. The van der Waals surface area contributed by atoms with Gasteiger partial charge >= 0.3 is 0 Å². The first kappa shape index (κ1) is 14.8. The normalized spacial score (nSPS) is 26.6. The van der Waals surface area contributed by atoms with Gasteiger partial charge in [0.1, 0.15) is 0 Å². The van der Waals surface area contributed by atoms with Gasteiger partial charge in [0.2, 0.25) is 5.91 Å². The van der Waals surface area contributed by atoms with Crippen molar-refractivity contribution >= 4 is 5.91 Å². The fourth-order valence-corrected chi connectivity index (χ4v) is 3.52. The summed E-state index contributed by atoms with van der Waals surface area (Å²) >= 11 is 0. The van der Waals surface area contributed by atoms with Crippen LogP contribution in [0.3, 0.4) is 0 Å². The fraction of sp³-hybridized carbons (Fsp3) is 0.933. The van der Waals surface area contributed by atoms with E-state index in [-0.39, 0.29) is 11.8 Å². The average Bonchev–Trinajstić information content (AvgIpc) is 2.93. The number of rotatable bonds is 5. The molecule has 0 radical (unpaired) electrons. The van der Waals surface area contributed by atoms with E-state index in [9.17, 15) is 4.79 Å². The van der Waals surface area contributed by atoms with Crippen molar-refractivity contribution < 1.29 is 4.79 Å². The number of nitrogens with one attached hydrogen (secondary N) is 2. The van der Waals surface area contributed by atoms with Gasteiger partial charge in [-0.2, -0.15) is 0 Å². The van der Waals surface area contributed by atoms with Gasteiger partial charge in [0.15, 0.2) is 0 Å². The first-order valence-electron chi connectivity index (χ1n) is 7.83. The molecule has 2 rings (SSSR count). The highest BCUT2D eigenvalue weighted by Crippen LogP contribution is 2.28. The Bertz CT molecular complexity index is 281. The highest BCUT2D eigenvalue weighted by molar-refractivity contribution is 5.79. The van der Waals surface area contributed by atoms with Gasteiger partial charge < -0.3 is 15.5 Å². The number of likely N-dealkylation sites (N-methyl/N-ethyl adjacent to an activating group) is 1. The minimum absolute atomic E-state index is 0.189. The maximum absolute atomic E-state index is 12.1. The molecule has 4 heteroatoms. The fourth-order valence-electron chi connectivity index (χ4n) is 3.52. The van der Waals surface area contributed by atoms with Gasteiger partial charge in [0, 0.05) is 19.1 Å². The van der Waals surface area contributed by atoms with Crippen molar-refractivity contribution in [1.82, 2.24) is 15.5 Å². The van der Waals surface area contributed by atoms with E-state index in [0.717, 1.165) is 32.0 Å². The number of nitrogens with zero attached hydrogens (tertiary/aromatic N) is 1. The van der Waals surface area contributed by atoms with Crippen molar-refractivity contribution in [3.8, 4) is 0 Å². The summed E-state index contributed by atoms with van der Waals surface area (Å²) in [4.78, 5) is 14.4. The Balaban J connectivity index is 1.80. The van der Waals surface area contributed by atoms with Crippen LogP contribution in [0.4, 0.5) is 0 Å². The molecule has 0 aromatic carbocycles. The summed E-state index contributed by atoms with van der Waals surface area (Å²) in [6.45, 7) is 2.65. The lowest BCUT2D eigenvalue weighted by Gasteiger charge is -2.35. The number of amides is 1. The predicted molar refractivity (Wildman–Crippen MR) is 78.0 cm³/mol. The van der Waals surface area contributed by atoms with Crippen LogP contribution in [0.2, 0.25) is 0 Å². The van der Waals surface area contributed by atoms with Crippen LogP contribution in [0.1, 0.15) is 38.5 Å². The average molecular weight is 267 g/mol.